The third kappa shape index (κ3) is 6.74. The summed E-state index contributed by atoms with van der Waals surface area (Å²) in [6.07, 6.45) is 3.24. The van der Waals surface area contributed by atoms with E-state index >= 15 is 0 Å². The topological polar surface area (TPSA) is 84.9 Å². The number of carbonyl (C=O) groups is 1. The van der Waals surface area contributed by atoms with E-state index in [0.717, 1.165) is 24.7 Å². The quantitative estimate of drug-likeness (QED) is 0.731. The molecule has 1 aliphatic rings. The summed E-state index contributed by atoms with van der Waals surface area (Å²) in [7, 11) is -2.23. The Morgan fingerprint density at radius 1 is 1.27 bits per heavy atom. The highest BCUT2D eigenvalue weighted by Crippen LogP contribution is 2.32. The summed E-state index contributed by atoms with van der Waals surface area (Å²) >= 11 is 0. The van der Waals surface area contributed by atoms with Crippen LogP contribution >= 0.6 is 0 Å². The number of rotatable bonds is 7. The summed E-state index contributed by atoms with van der Waals surface area (Å²) in [5, 5.41) is 2.98. The molecule has 0 radical (unpaired) electrons. The van der Waals surface area contributed by atoms with Crippen molar-refractivity contribution in [3.8, 4) is 11.5 Å². The first kappa shape index (κ1) is 20.4. The van der Waals surface area contributed by atoms with Crippen molar-refractivity contribution in [1.29, 1.82) is 0 Å². The van der Waals surface area contributed by atoms with Crippen LogP contribution in [0.4, 0.5) is 4.79 Å². The minimum absolute atomic E-state index is 0.120. The summed E-state index contributed by atoms with van der Waals surface area (Å²) in [6.45, 7) is 6.85. The van der Waals surface area contributed by atoms with Gasteiger partial charge in [-0.25, -0.2) is 4.79 Å². The number of methoxy groups -OCH3 is 1. The van der Waals surface area contributed by atoms with Crippen molar-refractivity contribution < 1.29 is 22.1 Å². The van der Waals surface area contributed by atoms with Crippen LogP contribution in [0.1, 0.15) is 39.2 Å². The van der Waals surface area contributed by atoms with Crippen LogP contribution in [0.15, 0.2) is 18.2 Å². The van der Waals surface area contributed by atoms with Gasteiger partial charge >= 0.3 is 16.1 Å². The molecule has 26 heavy (non-hydrogen) atoms. The van der Waals surface area contributed by atoms with Crippen LogP contribution in [-0.2, 0) is 16.7 Å². The first-order chi connectivity index (χ1) is 12.0. The molecule has 0 aromatic heterocycles. The first-order valence-corrected chi connectivity index (χ1v) is 10.4. The number of nitrogens with one attached hydrogen (secondary N) is 1. The Hall–Kier alpha value is -1.96. The fourth-order valence-corrected chi connectivity index (χ4v) is 2.96. The zero-order valence-electron chi connectivity index (χ0n) is 16.0. The van der Waals surface area contributed by atoms with Crippen molar-refractivity contribution in [3.63, 3.8) is 0 Å². The molecule has 0 bridgehead atoms. The van der Waals surface area contributed by atoms with E-state index in [1.165, 1.54) is 7.11 Å². The summed E-state index contributed by atoms with van der Waals surface area (Å²) in [6, 6.07) is 4.92. The van der Waals surface area contributed by atoms with Gasteiger partial charge in [-0.3, -0.25) is 0 Å². The molecule has 8 heteroatoms. The van der Waals surface area contributed by atoms with E-state index in [0.29, 0.717) is 24.8 Å². The molecule has 1 fully saturated rings. The molecular formula is C18H28N2O5S. The van der Waals surface area contributed by atoms with E-state index in [4.69, 9.17) is 8.92 Å². The van der Waals surface area contributed by atoms with Gasteiger partial charge in [-0.15, -0.1) is 0 Å². The zero-order valence-corrected chi connectivity index (χ0v) is 16.9. The molecule has 2 rings (SSSR count). The third-order valence-electron chi connectivity index (χ3n) is 3.79. The lowest BCUT2D eigenvalue weighted by Crippen LogP contribution is -2.48. The number of carbonyl (C=O) groups excluding carboxylic acids is 1. The SMILES string of the molecule is COc1ccc(CN(CC2CC2)C(=O)NC(C)(C)C)cc1OS(C)(=O)=O. The van der Waals surface area contributed by atoms with Crippen LogP contribution in [0.5, 0.6) is 11.5 Å². The smallest absolute Gasteiger partial charge is 0.318 e. The van der Waals surface area contributed by atoms with Crippen molar-refractivity contribution in [2.45, 2.75) is 45.7 Å². The Bertz CT molecular complexity index is 751. The molecule has 0 saturated heterocycles. The number of ether oxygens (including phenoxy) is 1. The lowest BCUT2D eigenvalue weighted by molar-refractivity contribution is 0.183. The van der Waals surface area contributed by atoms with E-state index in [1.54, 1.807) is 23.1 Å². The minimum Gasteiger partial charge on any atom is -0.493 e. The monoisotopic (exact) mass is 384 g/mol. The molecule has 0 spiro atoms. The number of urea groups is 1. The summed E-state index contributed by atoms with van der Waals surface area (Å²) in [5.74, 6) is 0.980. The van der Waals surface area contributed by atoms with E-state index in [9.17, 15) is 13.2 Å². The third-order valence-corrected chi connectivity index (χ3v) is 4.27. The van der Waals surface area contributed by atoms with E-state index in [1.807, 2.05) is 20.8 Å². The van der Waals surface area contributed by atoms with Gasteiger partial charge in [-0.1, -0.05) is 6.07 Å². The minimum atomic E-state index is -3.68. The number of nitrogens with zero attached hydrogens (tertiary/aromatic N) is 1. The molecule has 0 heterocycles. The predicted molar refractivity (Wildman–Crippen MR) is 99.9 cm³/mol. The van der Waals surface area contributed by atoms with Gasteiger partial charge in [0.25, 0.3) is 0 Å². The van der Waals surface area contributed by atoms with Gasteiger partial charge in [-0.05, 0) is 57.2 Å². The predicted octanol–water partition coefficient (Wildman–Crippen LogP) is 2.75. The first-order valence-electron chi connectivity index (χ1n) is 8.60. The fourth-order valence-electron chi connectivity index (χ4n) is 2.50. The molecule has 1 aromatic carbocycles. The maximum Gasteiger partial charge on any atom is 0.318 e. The number of hydrogen-bond acceptors (Lipinski definition) is 5. The zero-order chi connectivity index (χ0) is 19.5. The van der Waals surface area contributed by atoms with Crippen LogP contribution < -0.4 is 14.2 Å². The Morgan fingerprint density at radius 3 is 2.42 bits per heavy atom. The van der Waals surface area contributed by atoms with Crippen LogP contribution in [-0.4, -0.2) is 44.8 Å². The van der Waals surface area contributed by atoms with E-state index < -0.39 is 10.1 Å². The van der Waals surface area contributed by atoms with Gasteiger partial charge < -0.3 is 19.1 Å². The molecule has 146 valence electrons. The number of benzene rings is 1. The Balaban J connectivity index is 2.21. The van der Waals surface area contributed by atoms with E-state index in [2.05, 4.69) is 5.32 Å². The van der Waals surface area contributed by atoms with Gasteiger partial charge in [0, 0.05) is 18.6 Å². The highest BCUT2D eigenvalue weighted by Gasteiger charge is 2.28. The Kier molecular flexibility index (Phi) is 6.05. The molecule has 1 aromatic rings. The second-order valence-electron chi connectivity index (χ2n) is 7.78. The van der Waals surface area contributed by atoms with Crippen molar-refractivity contribution in [1.82, 2.24) is 10.2 Å². The molecule has 1 aliphatic carbocycles. The average molecular weight is 384 g/mol. The van der Waals surface area contributed by atoms with Crippen LogP contribution in [0.2, 0.25) is 0 Å². The van der Waals surface area contributed by atoms with Crippen molar-refractivity contribution in [2.24, 2.45) is 5.92 Å². The summed E-state index contributed by atoms with van der Waals surface area (Å²) < 4.78 is 33.1. The van der Waals surface area contributed by atoms with E-state index in [-0.39, 0.29) is 17.3 Å². The van der Waals surface area contributed by atoms with Crippen molar-refractivity contribution >= 4 is 16.1 Å². The summed E-state index contributed by atoms with van der Waals surface area (Å²) in [5.41, 5.74) is 0.442. The molecule has 1 saturated carbocycles. The molecule has 2 amide bonds. The average Bonchev–Trinajstić information content (AvgIpc) is 3.27. The molecule has 1 N–H and O–H groups in total. The molecule has 0 atom stereocenters. The standard InChI is InChI=1S/C18H28N2O5S/c1-18(2,3)19-17(21)20(11-13-6-7-13)12-14-8-9-15(24-4)16(10-14)25-26(5,22)23/h8-10,13H,6-7,11-12H2,1-5H3,(H,19,21). The second kappa shape index (κ2) is 7.73. The lowest BCUT2D eigenvalue weighted by atomic mass is 10.1. The highest BCUT2D eigenvalue weighted by molar-refractivity contribution is 7.86. The second-order valence-corrected chi connectivity index (χ2v) is 9.35. The largest absolute Gasteiger partial charge is 0.493 e. The van der Waals surface area contributed by atoms with Gasteiger partial charge in [0.15, 0.2) is 11.5 Å². The van der Waals surface area contributed by atoms with Crippen molar-refractivity contribution in [3.05, 3.63) is 23.8 Å². The maximum atomic E-state index is 12.6. The Morgan fingerprint density at radius 2 is 1.92 bits per heavy atom. The molecule has 0 unspecified atom stereocenters. The normalized spacial score (nSPS) is 14.7. The van der Waals surface area contributed by atoms with Gasteiger partial charge in [0.2, 0.25) is 0 Å². The molecule has 0 aliphatic heterocycles. The number of hydrogen-bond donors (Lipinski definition) is 1. The van der Waals surface area contributed by atoms with Crippen molar-refractivity contribution in [2.75, 3.05) is 19.9 Å². The van der Waals surface area contributed by atoms with Crippen LogP contribution in [0.25, 0.3) is 0 Å². The van der Waals surface area contributed by atoms with Gasteiger partial charge in [0.05, 0.1) is 13.4 Å². The van der Waals surface area contributed by atoms with Gasteiger partial charge in [-0.2, -0.15) is 8.42 Å². The molecular weight excluding hydrogens is 356 g/mol. The maximum absolute atomic E-state index is 12.6. The molecule has 7 nitrogen and oxygen atoms in total. The summed E-state index contributed by atoms with van der Waals surface area (Å²) in [4.78, 5) is 14.4. The lowest BCUT2D eigenvalue weighted by Gasteiger charge is -2.29. The Labute approximate surface area is 155 Å². The van der Waals surface area contributed by atoms with Crippen LogP contribution in [0.3, 0.4) is 0 Å². The van der Waals surface area contributed by atoms with Gasteiger partial charge in [0.1, 0.15) is 0 Å². The number of amides is 2. The highest BCUT2D eigenvalue weighted by atomic mass is 32.2. The fraction of sp³-hybridized carbons (Fsp3) is 0.611. The van der Waals surface area contributed by atoms with Crippen LogP contribution in [0, 0.1) is 5.92 Å².